The van der Waals surface area contributed by atoms with Crippen LogP contribution in [-0.2, 0) is 9.59 Å². The molecule has 30 heavy (non-hydrogen) atoms. The molecule has 2 bridgehead atoms. The topological polar surface area (TPSA) is 54.7 Å². The number of carbonyl (C=O) groups excluding carboxylic acids is 2. The molecule has 0 spiro atoms. The number of amides is 2. The Morgan fingerprint density at radius 1 is 1.00 bits per heavy atom. The number of rotatable bonds is 3. The first-order valence-corrected chi connectivity index (χ1v) is 11.6. The van der Waals surface area contributed by atoms with E-state index in [1.54, 1.807) is 6.21 Å². The molecule has 2 saturated carbocycles. The van der Waals surface area contributed by atoms with Gasteiger partial charge in [0, 0.05) is 26.2 Å². The minimum absolute atomic E-state index is 0.114. The fourth-order valence-corrected chi connectivity index (χ4v) is 6.44. The molecule has 4 aliphatic carbocycles. The number of imide groups is 1. The molecule has 2 aromatic rings. The molecular weight excluding hydrogens is 489 g/mol. The number of benzene rings is 1. The van der Waals surface area contributed by atoms with Crippen molar-refractivity contribution in [2.24, 2.45) is 40.6 Å². The number of allylic oxidation sites excluding steroid dienone is 2. The molecule has 152 valence electrons. The number of nitrogens with zero attached hydrogens (tertiary/aromatic N) is 3. The van der Waals surface area contributed by atoms with Gasteiger partial charge in [0.1, 0.15) is 0 Å². The zero-order valence-electron chi connectivity index (χ0n) is 16.8. The van der Waals surface area contributed by atoms with Crippen molar-refractivity contribution in [3.8, 4) is 5.69 Å². The van der Waals surface area contributed by atoms with Crippen molar-refractivity contribution in [1.82, 2.24) is 9.58 Å². The van der Waals surface area contributed by atoms with Crippen LogP contribution in [0.25, 0.3) is 5.69 Å². The molecule has 1 aromatic carbocycles. The van der Waals surface area contributed by atoms with E-state index in [-0.39, 0.29) is 35.5 Å². The van der Waals surface area contributed by atoms with Crippen molar-refractivity contribution >= 4 is 40.6 Å². The van der Waals surface area contributed by atoms with Crippen molar-refractivity contribution in [1.29, 1.82) is 0 Å². The highest BCUT2D eigenvalue weighted by Gasteiger charge is 2.67. The van der Waals surface area contributed by atoms with Gasteiger partial charge in [-0.15, -0.1) is 0 Å². The second kappa shape index (κ2) is 6.39. The molecule has 1 aliphatic heterocycles. The van der Waals surface area contributed by atoms with E-state index in [4.69, 9.17) is 0 Å². The number of carbonyl (C=O) groups is 2. The Morgan fingerprint density at radius 2 is 1.60 bits per heavy atom. The Morgan fingerprint density at radius 3 is 2.20 bits per heavy atom. The summed E-state index contributed by atoms with van der Waals surface area (Å²) >= 11 is 2.30. The monoisotopic (exact) mass is 511 g/mol. The summed E-state index contributed by atoms with van der Waals surface area (Å²) in [6.45, 7) is 4.09. The molecule has 2 heterocycles. The van der Waals surface area contributed by atoms with E-state index >= 15 is 0 Å². The van der Waals surface area contributed by atoms with Gasteiger partial charge >= 0.3 is 0 Å². The van der Waals surface area contributed by atoms with Gasteiger partial charge < -0.3 is 4.57 Å². The summed E-state index contributed by atoms with van der Waals surface area (Å²) in [7, 11) is 0. The summed E-state index contributed by atoms with van der Waals surface area (Å²) in [5.74, 6) is 1.04. The van der Waals surface area contributed by atoms with Crippen LogP contribution in [0.3, 0.4) is 0 Å². The Hall–Kier alpha value is -2.22. The molecular formula is C24H22IN3O2. The summed E-state index contributed by atoms with van der Waals surface area (Å²) in [4.78, 5) is 26.2. The van der Waals surface area contributed by atoms with Crippen LogP contribution in [0.15, 0.2) is 47.6 Å². The second-order valence-corrected chi connectivity index (χ2v) is 10.3. The first-order valence-electron chi connectivity index (χ1n) is 10.5. The van der Waals surface area contributed by atoms with E-state index in [1.807, 2.05) is 6.92 Å². The maximum absolute atomic E-state index is 13.1. The normalized spacial score (nSPS) is 33.5. The molecule has 6 atom stereocenters. The van der Waals surface area contributed by atoms with Gasteiger partial charge in [0.05, 0.1) is 18.1 Å². The lowest BCUT2D eigenvalue weighted by atomic mass is 9.63. The molecule has 5 nitrogen and oxygen atoms in total. The van der Waals surface area contributed by atoms with Crippen LogP contribution in [0.2, 0.25) is 0 Å². The number of halogens is 1. The molecule has 0 N–H and O–H groups in total. The zero-order chi connectivity index (χ0) is 20.7. The van der Waals surface area contributed by atoms with Crippen LogP contribution in [0, 0.1) is 52.9 Å². The summed E-state index contributed by atoms with van der Waals surface area (Å²) < 4.78 is 3.36. The standard InChI is InChI=1S/C24H22IN3O2/c1-12-9-14(13(2)27(12)16-5-3-15(25)4-6-16)11-26-28-23(29)21-17-7-8-18(20-10-19(17)20)22(21)24(28)30/h3-9,11,17-22H,10H2,1-2H3/b26-11-/t17-,18-,19-,20+,21-,22+/m0/s1. The molecule has 1 aromatic heterocycles. The highest BCUT2D eigenvalue weighted by atomic mass is 127. The fraction of sp³-hybridized carbons (Fsp3) is 0.375. The van der Waals surface area contributed by atoms with Gasteiger partial charge in [-0.25, -0.2) is 0 Å². The summed E-state index contributed by atoms with van der Waals surface area (Å²) in [6.07, 6.45) is 7.22. The molecule has 1 saturated heterocycles. The molecule has 5 aliphatic rings. The Kier molecular flexibility index (Phi) is 3.95. The molecule has 3 fully saturated rings. The van der Waals surface area contributed by atoms with Crippen molar-refractivity contribution < 1.29 is 9.59 Å². The molecule has 7 rings (SSSR count). The Labute approximate surface area is 189 Å². The minimum Gasteiger partial charge on any atom is -0.318 e. The van der Waals surface area contributed by atoms with Crippen LogP contribution < -0.4 is 0 Å². The van der Waals surface area contributed by atoms with Gasteiger partial charge in [-0.1, -0.05) is 12.2 Å². The lowest BCUT2D eigenvalue weighted by Gasteiger charge is -2.37. The first kappa shape index (κ1) is 18.5. The predicted molar refractivity (Wildman–Crippen MR) is 122 cm³/mol. The number of hydrogen-bond acceptors (Lipinski definition) is 3. The van der Waals surface area contributed by atoms with Gasteiger partial charge in [0.2, 0.25) is 0 Å². The van der Waals surface area contributed by atoms with Crippen molar-refractivity contribution in [3.05, 3.63) is 63.0 Å². The van der Waals surface area contributed by atoms with E-state index in [9.17, 15) is 9.59 Å². The van der Waals surface area contributed by atoms with E-state index in [0.717, 1.165) is 27.6 Å². The van der Waals surface area contributed by atoms with Crippen molar-refractivity contribution in [3.63, 3.8) is 0 Å². The SMILES string of the molecule is Cc1cc(/C=N\N2C(=O)[C@@H]3[C@H]4C=C[C@@H]([C@@H]5C[C@H]45)[C@@H]3C2=O)c(C)n1-c1ccc(I)cc1. The van der Waals surface area contributed by atoms with Crippen LogP contribution in [0.4, 0.5) is 0 Å². The summed E-state index contributed by atoms with van der Waals surface area (Å²) in [5.41, 5.74) is 4.14. The maximum atomic E-state index is 13.1. The lowest BCUT2D eigenvalue weighted by Crippen LogP contribution is -2.40. The summed E-state index contributed by atoms with van der Waals surface area (Å²) in [5, 5.41) is 5.56. The third-order valence-corrected chi connectivity index (χ3v) is 8.23. The summed E-state index contributed by atoms with van der Waals surface area (Å²) in [6, 6.07) is 10.4. The van der Waals surface area contributed by atoms with Crippen LogP contribution in [-0.4, -0.2) is 27.6 Å². The lowest BCUT2D eigenvalue weighted by molar-refractivity contribution is -0.140. The number of hydrogen-bond donors (Lipinski definition) is 0. The largest absolute Gasteiger partial charge is 0.318 e. The maximum Gasteiger partial charge on any atom is 0.254 e. The zero-order valence-corrected chi connectivity index (χ0v) is 19.0. The third kappa shape index (κ3) is 2.49. The fourth-order valence-electron chi connectivity index (χ4n) is 6.08. The highest BCUT2D eigenvalue weighted by molar-refractivity contribution is 14.1. The average Bonchev–Trinajstić information content (AvgIpc) is 3.46. The molecule has 2 amide bonds. The van der Waals surface area contributed by atoms with E-state index in [2.05, 4.69) is 81.7 Å². The van der Waals surface area contributed by atoms with Crippen molar-refractivity contribution in [2.45, 2.75) is 20.3 Å². The number of hydrazone groups is 1. The van der Waals surface area contributed by atoms with Crippen LogP contribution in [0.1, 0.15) is 23.4 Å². The van der Waals surface area contributed by atoms with Gasteiger partial charge in [-0.05, 0) is 96.9 Å². The van der Waals surface area contributed by atoms with E-state index in [1.165, 1.54) is 9.99 Å². The quantitative estimate of drug-likeness (QED) is 0.270. The number of aromatic nitrogens is 1. The third-order valence-electron chi connectivity index (χ3n) is 7.51. The number of aryl methyl sites for hydroxylation is 1. The highest BCUT2D eigenvalue weighted by Crippen LogP contribution is 2.65. The Balaban J connectivity index is 1.30. The van der Waals surface area contributed by atoms with E-state index < -0.39 is 0 Å². The average molecular weight is 511 g/mol. The molecule has 0 radical (unpaired) electrons. The molecule has 0 unspecified atom stereocenters. The van der Waals surface area contributed by atoms with Crippen LogP contribution in [0.5, 0.6) is 0 Å². The van der Waals surface area contributed by atoms with Crippen LogP contribution >= 0.6 is 22.6 Å². The first-order chi connectivity index (χ1) is 14.5. The molecule has 6 heteroatoms. The van der Waals surface area contributed by atoms with E-state index in [0.29, 0.717) is 11.8 Å². The van der Waals surface area contributed by atoms with Gasteiger partial charge in [-0.2, -0.15) is 10.1 Å². The minimum atomic E-state index is -0.201. The smallest absolute Gasteiger partial charge is 0.254 e. The van der Waals surface area contributed by atoms with Gasteiger partial charge in [-0.3, -0.25) is 9.59 Å². The van der Waals surface area contributed by atoms with Gasteiger partial charge in [0.15, 0.2) is 0 Å². The Bertz CT molecular complexity index is 1110. The predicted octanol–water partition coefficient (Wildman–Crippen LogP) is 4.09. The second-order valence-electron chi connectivity index (χ2n) is 9.03. The van der Waals surface area contributed by atoms with Gasteiger partial charge in [0.25, 0.3) is 11.8 Å². The van der Waals surface area contributed by atoms with Crippen molar-refractivity contribution in [2.75, 3.05) is 0 Å².